The fraction of sp³-hybridized carbons (Fsp3) is 0.857. The van der Waals surface area contributed by atoms with Gasteiger partial charge >= 0.3 is 16.5 Å². The second-order valence-corrected chi connectivity index (χ2v) is 3.94. The first-order chi connectivity index (χ1) is 4.85. The topological polar surface area (TPSA) is 3.24 Å². The first kappa shape index (κ1) is 19.3. The summed E-state index contributed by atoms with van der Waals surface area (Å²) in [6, 6.07) is 0. The Kier molecular flexibility index (Phi) is 24.5. The zero-order valence-electron chi connectivity index (χ0n) is 7.74. The maximum Gasteiger partial charge on any atom is 2.00 e. The molecule has 0 bridgehead atoms. The smallest absolute Gasteiger partial charge is 0.358 e. The van der Waals surface area contributed by atoms with Crippen molar-refractivity contribution in [3.05, 3.63) is 7.43 Å². The third kappa shape index (κ3) is 11.7. The molecule has 0 aromatic carbocycles. The van der Waals surface area contributed by atoms with E-state index in [2.05, 4.69) is 32.6 Å². The van der Waals surface area contributed by atoms with Gasteiger partial charge < -0.3 is 12.3 Å². The third-order valence-electron chi connectivity index (χ3n) is 1.34. The van der Waals surface area contributed by atoms with Crippen LogP contribution in [0.3, 0.4) is 0 Å². The van der Waals surface area contributed by atoms with Gasteiger partial charge in [-0.05, 0) is 18.5 Å². The molecule has 0 aliphatic heterocycles. The Balaban J connectivity index is -0.000000405. The summed E-state index contributed by atoms with van der Waals surface area (Å²) in [5.74, 6) is 0. The molecule has 3 unspecified atom stereocenters. The minimum Gasteiger partial charge on any atom is -0.358 e. The quantitative estimate of drug-likeness (QED) is 0.400. The molecule has 5 heteroatoms. The van der Waals surface area contributed by atoms with Crippen LogP contribution in [0.4, 0.5) is 0 Å². The summed E-state index contributed by atoms with van der Waals surface area (Å²) < 4.78 is 0. The minimum absolute atomic E-state index is 0. The molecule has 0 saturated carbocycles. The maximum atomic E-state index is 2.77. The zero-order chi connectivity index (χ0) is 7.82. The van der Waals surface area contributed by atoms with Crippen molar-refractivity contribution in [2.45, 2.75) is 0 Å². The Morgan fingerprint density at radius 3 is 1.17 bits per heavy atom. The van der Waals surface area contributed by atoms with Crippen molar-refractivity contribution in [2.75, 3.05) is 38.1 Å². The van der Waals surface area contributed by atoms with Gasteiger partial charge in [-0.25, -0.2) is 0 Å². The number of hydrogen-bond donors (Lipinski definition) is 0. The van der Waals surface area contributed by atoms with Crippen molar-refractivity contribution in [2.24, 2.45) is 0 Å². The predicted molar refractivity (Wildman–Crippen MR) is 66.6 cm³/mol. The average Bonchev–Trinajstić information content (AvgIpc) is 1.90. The number of nitrogens with zero attached hydrogens (tertiary/aromatic N) is 1. The van der Waals surface area contributed by atoms with Crippen LogP contribution in [0.2, 0.25) is 0 Å². The van der Waals surface area contributed by atoms with E-state index in [0.717, 1.165) is 0 Å². The molecule has 0 N–H and O–H groups in total. The van der Waals surface area contributed by atoms with Gasteiger partial charge in [0.05, 0.1) is 0 Å². The van der Waals surface area contributed by atoms with Gasteiger partial charge in [0.25, 0.3) is 0 Å². The van der Waals surface area contributed by atoms with E-state index in [-0.39, 0.29) is 23.9 Å². The molecule has 0 spiro atoms. The summed E-state index contributed by atoms with van der Waals surface area (Å²) in [5, 5.41) is 0. The van der Waals surface area contributed by atoms with E-state index >= 15 is 0 Å². The van der Waals surface area contributed by atoms with Gasteiger partial charge in [-0.3, -0.25) is 0 Å². The van der Waals surface area contributed by atoms with E-state index in [9.17, 15) is 0 Å². The summed E-state index contributed by atoms with van der Waals surface area (Å²) in [4.78, 5) is 2.48. The van der Waals surface area contributed by atoms with Crippen LogP contribution in [-0.2, 0) is 16.5 Å². The van der Waals surface area contributed by atoms with Gasteiger partial charge in [-0.1, -0.05) is 0 Å². The van der Waals surface area contributed by atoms with Crippen molar-refractivity contribution < 1.29 is 16.5 Å². The van der Waals surface area contributed by atoms with Gasteiger partial charge in [-0.15, -0.1) is 27.7 Å². The molecular weight excluding hydrogens is 250 g/mol. The van der Waals surface area contributed by atoms with Crippen LogP contribution >= 0.6 is 27.7 Å². The normalized spacial score (nSPS) is 9.00. The van der Waals surface area contributed by atoms with Gasteiger partial charge in [0, 0.05) is 19.6 Å². The number of rotatable bonds is 6. The Labute approximate surface area is 94.7 Å². The zero-order valence-corrected chi connectivity index (χ0v) is 12.2. The summed E-state index contributed by atoms with van der Waals surface area (Å²) in [5.41, 5.74) is 0. The summed E-state index contributed by atoms with van der Waals surface area (Å²) in [6.07, 6.45) is 3.57. The van der Waals surface area contributed by atoms with E-state index in [1.165, 1.54) is 38.1 Å². The fourth-order valence-corrected chi connectivity index (χ4v) is 1.98. The summed E-state index contributed by atoms with van der Waals surface area (Å²) >= 11 is 0. The Hall–Kier alpha value is 1.74. The molecule has 0 aromatic rings. The molecule has 3 atom stereocenters. The molecule has 0 rings (SSSR count). The molecule has 0 aliphatic carbocycles. The van der Waals surface area contributed by atoms with E-state index in [0.29, 0.717) is 0 Å². The largest absolute Gasteiger partial charge is 2.00 e. The molecule has 0 fully saturated rings. The Morgan fingerprint density at radius 1 is 0.750 bits per heavy atom. The summed E-state index contributed by atoms with van der Waals surface area (Å²) in [7, 11) is 8.30. The van der Waals surface area contributed by atoms with Crippen LogP contribution in [0.25, 0.3) is 0 Å². The van der Waals surface area contributed by atoms with E-state index in [1.807, 2.05) is 0 Å². The molecule has 0 aliphatic rings. The van der Waals surface area contributed by atoms with E-state index in [1.54, 1.807) is 0 Å². The van der Waals surface area contributed by atoms with Gasteiger partial charge in [-0.2, -0.15) is 0 Å². The van der Waals surface area contributed by atoms with Crippen LogP contribution in [0.1, 0.15) is 0 Å². The predicted octanol–water partition coefficient (Wildman–Crippen LogP) is 1.36. The first-order valence-electron chi connectivity index (χ1n) is 3.67. The monoisotopic (exact) mass is 270 g/mol. The second kappa shape index (κ2) is 15.2. The third-order valence-corrected chi connectivity index (χ3v) is 2.11. The van der Waals surface area contributed by atoms with Crippen molar-refractivity contribution in [3.63, 3.8) is 0 Å². The SMILES string of the molecule is PCCN(CCP)CCP.[CH3-].[Ni+2]. The molecule has 1 nitrogen and oxygen atoms in total. The molecule has 0 heterocycles. The van der Waals surface area contributed by atoms with Crippen LogP contribution in [0.5, 0.6) is 0 Å². The van der Waals surface area contributed by atoms with Crippen molar-refractivity contribution in [1.82, 2.24) is 4.90 Å². The van der Waals surface area contributed by atoms with E-state index < -0.39 is 0 Å². The minimum atomic E-state index is 0. The van der Waals surface area contributed by atoms with E-state index in [4.69, 9.17) is 0 Å². The van der Waals surface area contributed by atoms with Crippen LogP contribution in [0.15, 0.2) is 0 Å². The molecule has 78 valence electrons. The molecule has 0 aromatic heterocycles. The maximum absolute atomic E-state index is 2.77. The second-order valence-electron chi connectivity index (χ2n) is 2.21. The fourth-order valence-electron chi connectivity index (χ4n) is 0.883. The van der Waals surface area contributed by atoms with Gasteiger partial charge in [0.2, 0.25) is 0 Å². The molecule has 12 heavy (non-hydrogen) atoms. The number of hydrogen-bond acceptors (Lipinski definition) is 1. The standard InChI is InChI=1S/C6H18NP3.CH3.Ni/c8-4-1-7(2-5-9)3-6-10;;/h1-6,8-10H2;1H3;/q;-1;+2. The Morgan fingerprint density at radius 2 is 1.00 bits per heavy atom. The van der Waals surface area contributed by atoms with Crippen LogP contribution in [-0.4, -0.2) is 43.0 Å². The van der Waals surface area contributed by atoms with Crippen LogP contribution in [0, 0.1) is 7.43 Å². The van der Waals surface area contributed by atoms with Crippen molar-refractivity contribution >= 4 is 27.7 Å². The molecular formula is C7H21NNiP3+. The summed E-state index contributed by atoms with van der Waals surface area (Å²) in [6.45, 7) is 3.65. The van der Waals surface area contributed by atoms with Crippen molar-refractivity contribution in [3.8, 4) is 0 Å². The Bertz CT molecular complexity index is 61.4. The first-order valence-corrected chi connectivity index (χ1v) is 6.12. The molecule has 0 amide bonds. The molecule has 0 radical (unpaired) electrons. The van der Waals surface area contributed by atoms with Crippen LogP contribution < -0.4 is 0 Å². The van der Waals surface area contributed by atoms with Gasteiger partial charge in [0.15, 0.2) is 0 Å². The van der Waals surface area contributed by atoms with Gasteiger partial charge in [0.1, 0.15) is 0 Å². The van der Waals surface area contributed by atoms with Crippen molar-refractivity contribution in [1.29, 1.82) is 0 Å². The average molecular weight is 271 g/mol. The molecule has 0 saturated heterocycles.